The Hall–Kier alpha value is -6.45. The van der Waals surface area contributed by atoms with Crippen molar-refractivity contribution < 1.29 is 0 Å². The molecule has 0 fully saturated rings. The predicted molar refractivity (Wildman–Crippen MR) is 222 cm³/mol. The topological polar surface area (TPSA) is 38.7 Å². The van der Waals surface area contributed by atoms with E-state index in [-0.39, 0.29) is 10.8 Å². The smallest absolute Gasteiger partial charge is 0.164 e. The number of aromatic nitrogens is 3. The van der Waals surface area contributed by atoms with Crippen molar-refractivity contribution in [2.45, 2.75) is 38.5 Å². The van der Waals surface area contributed by atoms with Crippen LogP contribution >= 0.6 is 0 Å². The van der Waals surface area contributed by atoms with E-state index in [1.165, 1.54) is 61.2 Å². The molecule has 3 heteroatoms. The van der Waals surface area contributed by atoms with Crippen molar-refractivity contribution in [2.75, 3.05) is 0 Å². The van der Waals surface area contributed by atoms with Gasteiger partial charge in [-0.15, -0.1) is 0 Å². The minimum atomic E-state index is -0.0776. The van der Waals surface area contributed by atoms with Crippen molar-refractivity contribution in [3.05, 3.63) is 186 Å². The van der Waals surface area contributed by atoms with Gasteiger partial charge in [-0.05, 0) is 91.0 Å². The third-order valence-corrected chi connectivity index (χ3v) is 11.7. The van der Waals surface area contributed by atoms with Crippen LogP contribution in [0.3, 0.4) is 0 Å². The van der Waals surface area contributed by atoms with Gasteiger partial charge >= 0.3 is 0 Å². The molecule has 0 amide bonds. The normalized spacial score (nSPS) is 14.2. The van der Waals surface area contributed by atoms with E-state index in [1.807, 2.05) is 60.7 Å². The van der Waals surface area contributed by atoms with E-state index in [2.05, 4.69) is 131 Å². The van der Waals surface area contributed by atoms with Crippen LogP contribution in [-0.2, 0) is 10.8 Å². The molecule has 10 rings (SSSR count). The van der Waals surface area contributed by atoms with Crippen LogP contribution in [0.2, 0.25) is 0 Å². The van der Waals surface area contributed by atoms with Crippen LogP contribution in [-0.4, -0.2) is 15.0 Å². The van der Waals surface area contributed by atoms with E-state index in [9.17, 15) is 0 Å². The average Bonchev–Trinajstić information content (AvgIpc) is 3.59. The third kappa shape index (κ3) is 5.07. The van der Waals surface area contributed by atoms with Crippen LogP contribution in [0.5, 0.6) is 0 Å². The first-order valence-electron chi connectivity index (χ1n) is 18.8. The molecule has 0 saturated carbocycles. The number of fused-ring (bicyclic) bond motifs is 6. The average molecular weight is 694 g/mol. The summed E-state index contributed by atoms with van der Waals surface area (Å²) in [5.41, 5.74) is 18.6. The summed E-state index contributed by atoms with van der Waals surface area (Å²) in [5, 5.41) is 0. The lowest BCUT2D eigenvalue weighted by molar-refractivity contribution is 0.652. The summed E-state index contributed by atoms with van der Waals surface area (Å²) in [7, 11) is 0. The summed E-state index contributed by atoms with van der Waals surface area (Å²) in [6.07, 6.45) is 0. The molecule has 0 N–H and O–H groups in total. The Kier molecular flexibility index (Phi) is 7.19. The molecular formula is C51H39N3. The molecule has 1 aromatic heterocycles. The van der Waals surface area contributed by atoms with Gasteiger partial charge in [0, 0.05) is 27.5 Å². The van der Waals surface area contributed by atoms with Crippen molar-refractivity contribution in [2.24, 2.45) is 0 Å². The summed E-state index contributed by atoms with van der Waals surface area (Å²) in [5.74, 6) is 1.98. The Morgan fingerprint density at radius 2 is 0.667 bits per heavy atom. The van der Waals surface area contributed by atoms with Gasteiger partial charge in [0.2, 0.25) is 0 Å². The maximum absolute atomic E-state index is 4.93. The molecule has 2 aliphatic carbocycles. The van der Waals surface area contributed by atoms with Crippen molar-refractivity contribution in [1.29, 1.82) is 0 Å². The van der Waals surface area contributed by atoms with Crippen molar-refractivity contribution in [1.82, 2.24) is 15.0 Å². The summed E-state index contributed by atoms with van der Waals surface area (Å²) in [6.45, 7) is 9.49. The van der Waals surface area contributed by atoms with E-state index in [0.717, 1.165) is 22.3 Å². The Bertz CT molecular complexity index is 2690. The molecule has 0 bridgehead atoms. The molecule has 54 heavy (non-hydrogen) atoms. The highest BCUT2D eigenvalue weighted by molar-refractivity contribution is 5.91. The second-order valence-corrected chi connectivity index (χ2v) is 15.7. The highest BCUT2D eigenvalue weighted by Gasteiger charge is 2.41. The Balaban J connectivity index is 0.996. The summed E-state index contributed by atoms with van der Waals surface area (Å²) < 4.78 is 0. The quantitative estimate of drug-likeness (QED) is 0.180. The van der Waals surface area contributed by atoms with Crippen LogP contribution < -0.4 is 0 Å². The van der Waals surface area contributed by atoms with Gasteiger partial charge in [-0.25, -0.2) is 15.0 Å². The molecule has 0 unspecified atom stereocenters. The lowest BCUT2D eigenvalue weighted by Gasteiger charge is -2.24. The van der Waals surface area contributed by atoms with E-state index in [1.54, 1.807) is 0 Å². The Morgan fingerprint density at radius 3 is 1.26 bits per heavy atom. The predicted octanol–water partition coefficient (Wildman–Crippen LogP) is 12.8. The number of rotatable bonds is 5. The molecule has 3 nitrogen and oxygen atoms in total. The fourth-order valence-corrected chi connectivity index (χ4v) is 8.75. The van der Waals surface area contributed by atoms with Crippen molar-refractivity contribution in [3.8, 4) is 78.7 Å². The SMILES string of the molecule is CC1(C)c2ccccc2-c2cc3c(cc21)-c1cc(-c2cccc(-c4ccc(-c5nc(-c6ccccc6)nc(-c6ccccc6)n5)cc4)c2)ccc1C3(C)C. The molecule has 0 saturated heterocycles. The van der Waals surface area contributed by atoms with Crippen LogP contribution in [0.15, 0.2) is 164 Å². The standard InChI is InChI=1S/C51H39N3/c1-50(2)43-21-12-11-20-39(43)41-30-46-42(31-45(41)50)40-29-38(26-27-44(40)51(46,3)4)37-19-13-18-36(28-37)32-22-24-35(25-23-32)49-53-47(33-14-7-5-8-15-33)52-48(54-49)34-16-9-6-10-17-34/h5-31H,1-4H3. The first-order chi connectivity index (χ1) is 26.3. The molecule has 1 heterocycles. The second kappa shape index (κ2) is 12.0. The Morgan fingerprint density at radius 1 is 0.278 bits per heavy atom. The largest absolute Gasteiger partial charge is 0.208 e. The minimum Gasteiger partial charge on any atom is -0.208 e. The number of hydrogen-bond acceptors (Lipinski definition) is 3. The summed E-state index contributed by atoms with van der Waals surface area (Å²) in [4.78, 5) is 14.7. The lowest BCUT2D eigenvalue weighted by Crippen LogP contribution is -2.16. The summed E-state index contributed by atoms with van der Waals surface area (Å²) >= 11 is 0. The molecule has 7 aromatic carbocycles. The maximum Gasteiger partial charge on any atom is 0.164 e. The van der Waals surface area contributed by atoms with Crippen LogP contribution in [0, 0.1) is 0 Å². The highest BCUT2D eigenvalue weighted by Crippen LogP contribution is 2.56. The van der Waals surface area contributed by atoms with Gasteiger partial charge in [0.05, 0.1) is 0 Å². The summed E-state index contributed by atoms with van der Waals surface area (Å²) in [6, 6.07) is 58.7. The van der Waals surface area contributed by atoms with Gasteiger partial charge in [-0.2, -0.15) is 0 Å². The zero-order chi connectivity index (χ0) is 36.6. The fraction of sp³-hybridized carbons (Fsp3) is 0.118. The molecule has 0 atom stereocenters. The monoisotopic (exact) mass is 693 g/mol. The van der Waals surface area contributed by atoms with Crippen LogP contribution in [0.4, 0.5) is 0 Å². The molecule has 0 spiro atoms. The van der Waals surface area contributed by atoms with Gasteiger partial charge in [0.1, 0.15) is 0 Å². The van der Waals surface area contributed by atoms with Gasteiger partial charge < -0.3 is 0 Å². The van der Waals surface area contributed by atoms with E-state index >= 15 is 0 Å². The first kappa shape index (κ1) is 32.2. The maximum atomic E-state index is 4.93. The van der Waals surface area contributed by atoms with Crippen LogP contribution in [0.25, 0.3) is 78.7 Å². The molecule has 0 aliphatic heterocycles. The van der Waals surface area contributed by atoms with Gasteiger partial charge in [-0.1, -0.05) is 167 Å². The minimum absolute atomic E-state index is 0.0345. The van der Waals surface area contributed by atoms with Crippen LogP contribution in [0.1, 0.15) is 49.9 Å². The van der Waals surface area contributed by atoms with Gasteiger partial charge in [0.15, 0.2) is 17.5 Å². The van der Waals surface area contributed by atoms with Crippen molar-refractivity contribution in [3.63, 3.8) is 0 Å². The molecular weight excluding hydrogens is 655 g/mol. The number of nitrogens with zero attached hydrogens (tertiary/aromatic N) is 3. The third-order valence-electron chi connectivity index (χ3n) is 11.7. The lowest BCUT2D eigenvalue weighted by atomic mass is 9.79. The second-order valence-electron chi connectivity index (χ2n) is 15.7. The zero-order valence-corrected chi connectivity index (χ0v) is 30.9. The fourth-order valence-electron chi connectivity index (χ4n) is 8.75. The number of benzene rings is 7. The molecule has 258 valence electrons. The molecule has 2 aliphatic rings. The molecule has 0 radical (unpaired) electrons. The van der Waals surface area contributed by atoms with E-state index in [0.29, 0.717) is 17.5 Å². The first-order valence-corrected chi connectivity index (χ1v) is 18.8. The van der Waals surface area contributed by atoms with Gasteiger partial charge in [-0.3, -0.25) is 0 Å². The number of hydrogen-bond donors (Lipinski definition) is 0. The van der Waals surface area contributed by atoms with E-state index < -0.39 is 0 Å². The molecule has 8 aromatic rings. The zero-order valence-electron chi connectivity index (χ0n) is 30.9. The Labute approximate surface area is 317 Å². The van der Waals surface area contributed by atoms with E-state index in [4.69, 9.17) is 15.0 Å². The van der Waals surface area contributed by atoms with Crippen molar-refractivity contribution >= 4 is 0 Å². The highest BCUT2D eigenvalue weighted by atomic mass is 15.0. The van der Waals surface area contributed by atoms with Gasteiger partial charge in [0.25, 0.3) is 0 Å².